The molecule has 0 fully saturated rings. The summed E-state index contributed by atoms with van der Waals surface area (Å²) < 4.78 is 5.33. The molecule has 8 heteroatoms. The van der Waals surface area contributed by atoms with Crippen LogP contribution in [0.3, 0.4) is 0 Å². The molecule has 0 heterocycles. The average molecular weight is 463 g/mol. The number of carboxylic acids is 1. The lowest BCUT2D eigenvalue weighted by Gasteiger charge is -2.18. The number of aliphatic carboxylic acids is 1. The van der Waals surface area contributed by atoms with Gasteiger partial charge in [0.2, 0.25) is 11.8 Å². The molecule has 0 spiro atoms. The number of hydrogen-bond donors (Lipinski definition) is 3. The molecule has 3 N–H and O–H groups in total. The number of ether oxygens (including phenoxy) is 1. The molecule has 2 amide bonds. The summed E-state index contributed by atoms with van der Waals surface area (Å²) >= 11 is 1.33. The van der Waals surface area contributed by atoms with Crippen molar-refractivity contribution in [1.82, 2.24) is 0 Å². The van der Waals surface area contributed by atoms with E-state index in [-0.39, 0.29) is 5.91 Å². The third kappa shape index (κ3) is 6.98. The quantitative estimate of drug-likeness (QED) is 0.313. The summed E-state index contributed by atoms with van der Waals surface area (Å²) in [7, 11) is 1.54. The second-order valence-electron chi connectivity index (χ2n) is 6.79. The van der Waals surface area contributed by atoms with E-state index in [9.17, 15) is 14.4 Å². The number of carbonyl (C=O) groups is 3. The van der Waals surface area contributed by atoms with Gasteiger partial charge in [-0.2, -0.15) is 0 Å². The number of methoxy groups -OCH3 is 1. The van der Waals surface area contributed by atoms with Crippen molar-refractivity contribution in [2.45, 2.75) is 10.1 Å². The Morgan fingerprint density at radius 3 is 2.36 bits per heavy atom. The van der Waals surface area contributed by atoms with Crippen LogP contribution in [0.25, 0.3) is 0 Å². The number of amides is 2. The number of carbonyl (C=O) groups excluding carboxylic acids is 2. The molecular formula is C25H22N2O5S. The minimum Gasteiger partial charge on any atom is -0.495 e. The first kappa shape index (κ1) is 23.6. The van der Waals surface area contributed by atoms with Crippen LogP contribution in [0.1, 0.15) is 10.8 Å². The first-order chi connectivity index (χ1) is 16.0. The second kappa shape index (κ2) is 11.5. The largest absolute Gasteiger partial charge is 0.495 e. The average Bonchev–Trinajstić information content (AvgIpc) is 2.82. The molecule has 1 unspecified atom stereocenters. The molecule has 168 valence electrons. The molecule has 0 saturated carbocycles. The first-order valence-corrected chi connectivity index (χ1v) is 10.8. The van der Waals surface area contributed by atoms with Gasteiger partial charge in [-0.25, -0.2) is 4.79 Å². The predicted molar refractivity (Wildman–Crippen MR) is 129 cm³/mol. The van der Waals surface area contributed by atoms with Crippen molar-refractivity contribution < 1.29 is 24.2 Å². The third-order valence-electron chi connectivity index (χ3n) is 4.44. The maximum Gasteiger partial charge on any atom is 0.328 e. The van der Waals surface area contributed by atoms with Crippen LogP contribution in [0.15, 0.2) is 95.9 Å². The standard InChI is InChI=1S/C25H22N2O5S/c1-32-21-13-6-5-12-20(21)27-25(31)24(17-8-3-2-4-9-17)33-19-11-7-10-18(16-19)26-22(28)14-15-23(29)30/h2-16,24H,1H3,(H,26,28)(H,27,31)(H,29,30)/b15-14+. The summed E-state index contributed by atoms with van der Waals surface area (Å²) in [5.41, 5.74) is 1.86. The minimum absolute atomic E-state index is 0.227. The van der Waals surface area contributed by atoms with E-state index in [0.29, 0.717) is 17.1 Å². The highest BCUT2D eigenvalue weighted by Gasteiger charge is 2.23. The molecule has 0 aliphatic heterocycles. The molecule has 1 atom stereocenters. The molecule has 3 aromatic carbocycles. The summed E-state index contributed by atoms with van der Waals surface area (Å²) in [6.45, 7) is 0. The van der Waals surface area contributed by atoms with Crippen LogP contribution in [0.2, 0.25) is 0 Å². The number of nitrogens with one attached hydrogen (secondary N) is 2. The van der Waals surface area contributed by atoms with Crippen LogP contribution >= 0.6 is 11.8 Å². The maximum atomic E-state index is 13.3. The topological polar surface area (TPSA) is 105 Å². The van der Waals surface area contributed by atoms with Gasteiger partial charge in [-0.1, -0.05) is 48.5 Å². The number of carboxylic acid groups (broad SMARTS) is 1. The Balaban J connectivity index is 1.82. The van der Waals surface area contributed by atoms with Gasteiger partial charge in [0.15, 0.2) is 0 Å². The lowest BCUT2D eigenvalue weighted by Crippen LogP contribution is -2.19. The van der Waals surface area contributed by atoms with Crippen LogP contribution in [0.5, 0.6) is 5.75 Å². The van der Waals surface area contributed by atoms with Gasteiger partial charge in [0.25, 0.3) is 0 Å². The smallest absolute Gasteiger partial charge is 0.328 e. The number of thioether (sulfide) groups is 1. The summed E-state index contributed by atoms with van der Waals surface area (Å²) in [6.07, 6.45) is 1.71. The van der Waals surface area contributed by atoms with E-state index in [2.05, 4.69) is 10.6 Å². The van der Waals surface area contributed by atoms with E-state index in [1.54, 1.807) is 37.4 Å². The van der Waals surface area contributed by atoms with Crippen molar-refractivity contribution >= 4 is 40.9 Å². The molecular weight excluding hydrogens is 440 g/mol. The van der Waals surface area contributed by atoms with Crippen molar-refractivity contribution in [3.8, 4) is 5.75 Å². The van der Waals surface area contributed by atoms with E-state index in [4.69, 9.17) is 9.84 Å². The Morgan fingerprint density at radius 1 is 0.909 bits per heavy atom. The zero-order valence-electron chi connectivity index (χ0n) is 17.7. The van der Waals surface area contributed by atoms with Gasteiger partial charge in [-0.3, -0.25) is 9.59 Å². The molecule has 3 aromatic rings. The van der Waals surface area contributed by atoms with E-state index < -0.39 is 17.1 Å². The highest BCUT2D eigenvalue weighted by atomic mass is 32.2. The van der Waals surface area contributed by atoms with Gasteiger partial charge in [-0.05, 0) is 35.9 Å². The fraction of sp³-hybridized carbons (Fsp3) is 0.0800. The summed E-state index contributed by atoms with van der Waals surface area (Å²) in [4.78, 5) is 36.5. The number of benzene rings is 3. The van der Waals surface area contributed by atoms with Crippen molar-refractivity contribution in [3.63, 3.8) is 0 Å². The van der Waals surface area contributed by atoms with Gasteiger partial charge < -0.3 is 20.5 Å². The lowest BCUT2D eigenvalue weighted by atomic mass is 10.1. The number of para-hydroxylation sites is 2. The monoisotopic (exact) mass is 462 g/mol. The van der Waals surface area contributed by atoms with Crippen molar-refractivity contribution in [2.75, 3.05) is 17.7 Å². The second-order valence-corrected chi connectivity index (χ2v) is 7.97. The molecule has 3 rings (SSSR count). The Bertz CT molecular complexity index is 1160. The van der Waals surface area contributed by atoms with Crippen molar-refractivity contribution in [3.05, 3.63) is 96.6 Å². The molecule has 0 saturated heterocycles. The Kier molecular flexibility index (Phi) is 8.26. The highest BCUT2D eigenvalue weighted by Crippen LogP contribution is 2.38. The predicted octanol–water partition coefficient (Wildman–Crippen LogP) is 4.75. The number of hydrogen-bond acceptors (Lipinski definition) is 5. The van der Waals surface area contributed by atoms with Gasteiger partial charge in [0, 0.05) is 22.7 Å². The van der Waals surface area contributed by atoms with Crippen LogP contribution < -0.4 is 15.4 Å². The molecule has 0 radical (unpaired) electrons. The minimum atomic E-state index is -1.21. The Labute approximate surface area is 195 Å². The highest BCUT2D eigenvalue weighted by molar-refractivity contribution is 8.00. The normalized spacial score (nSPS) is 11.5. The number of anilines is 2. The van der Waals surface area contributed by atoms with Gasteiger partial charge >= 0.3 is 5.97 Å². The molecule has 0 bridgehead atoms. The fourth-order valence-corrected chi connectivity index (χ4v) is 4.04. The zero-order chi connectivity index (χ0) is 23.6. The SMILES string of the molecule is COc1ccccc1NC(=O)C(Sc1cccc(NC(=O)/C=C/C(=O)O)c1)c1ccccc1. The van der Waals surface area contributed by atoms with E-state index in [1.807, 2.05) is 48.5 Å². The molecule has 0 aromatic heterocycles. The van der Waals surface area contributed by atoms with E-state index >= 15 is 0 Å². The molecule has 0 aliphatic rings. The molecule has 0 aliphatic carbocycles. The third-order valence-corrected chi connectivity index (χ3v) is 5.69. The van der Waals surface area contributed by atoms with E-state index in [0.717, 1.165) is 22.6 Å². The van der Waals surface area contributed by atoms with Crippen LogP contribution in [0, 0.1) is 0 Å². The molecule has 7 nitrogen and oxygen atoms in total. The number of rotatable bonds is 9. The van der Waals surface area contributed by atoms with Gasteiger partial charge in [0.1, 0.15) is 11.0 Å². The van der Waals surface area contributed by atoms with Crippen molar-refractivity contribution in [1.29, 1.82) is 0 Å². The maximum absolute atomic E-state index is 13.3. The molecule has 33 heavy (non-hydrogen) atoms. The van der Waals surface area contributed by atoms with Crippen LogP contribution in [0.4, 0.5) is 11.4 Å². The summed E-state index contributed by atoms with van der Waals surface area (Å²) in [5, 5.41) is 13.6. The van der Waals surface area contributed by atoms with Crippen molar-refractivity contribution in [2.24, 2.45) is 0 Å². The Morgan fingerprint density at radius 2 is 1.64 bits per heavy atom. The summed E-state index contributed by atoms with van der Waals surface area (Å²) in [6, 6.07) is 23.5. The van der Waals surface area contributed by atoms with Crippen LogP contribution in [-0.2, 0) is 14.4 Å². The zero-order valence-corrected chi connectivity index (χ0v) is 18.5. The fourth-order valence-electron chi connectivity index (χ4n) is 2.96. The first-order valence-electron chi connectivity index (χ1n) is 9.94. The van der Waals surface area contributed by atoms with Gasteiger partial charge in [-0.15, -0.1) is 11.8 Å². The summed E-state index contributed by atoms with van der Waals surface area (Å²) in [5.74, 6) is -1.44. The Hall–Kier alpha value is -4.04. The van der Waals surface area contributed by atoms with Crippen LogP contribution in [-0.4, -0.2) is 30.0 Å². The van der Waals surface area contributed by atoms with Gasteiger partial charge in [0.05, 0.1) is 12.8 Å². The lowest BCUT2D eigenvalue weighted by molar-refractivity contribution is -0.131. The van der Waals surface area contributed by atoms with E-state index in [1.165, 1.54) is 11.8 Å².